The number of fused-ring (bicyclic) bond motifs is 2. The summed E-state index contributed by atoms with van der Waals surface area (Å²) in [6.45, 7) is 4.03. The van der Waals surface area contributed by atoms with Crippen molar-refractivity contribution in [3.63, 3.8) is 0 Å². The highest BCUT2D eigenvalue weighted by Crippen LogP contribution is 2.22. The van der Waals surface area contributed by atoms with E-state index in [1.807, 2.05) is 38.1 Å². The van der Waals surface area contributed by atoms with Gasteiger partial charge in [-0.3, -0.25) is 4.79 Å². The molecule has 0 radical (unpaired) electrons. The average molecular weight is 350 g/mol. The predicted octanol–water partition coefficient (Wildman–Crippen LogP) is 2.03. The maximum Gasteiger partial charge on any atom is 0.347 e. The molecule has 4 rings (SSSR count). The number of imidazole rings is 1. The van der Waals surface area contributed by atoms with Gasteiger partial charge in [-0.15, -0.1) is 0 Å². The van der Waals surface area contributed by atoms with Crippen LogP contribution in [0.4, 0.5) is 0 Å². The van der Waals surface area contributed by atoms with E-state index in [0.29, 0.717) is 17.0 Å². The van der Waals surface area contributed by atoms with Crippen molar-refractivity contribution in [1.29, 1.82) is 0 Å². The Bertz CT molecular complexity index is 1120. The number of para-hydroxylation sites is 2. The standard InChI is InChI=1S/C18H18N6O2/c1-10(2)15(16-19-12-5-3-4-6-13(12)20-16)21-17(25)11-7-8-14-22-23-18(26)24(14)9-11/h3-10,15H,1-2H3,(H,19,20)(H,21,25)(H,23,26). The number of amides is 1. The molecule has 3 heterocycles. The summed E-state index contributed by atoms with van der Waals surface area (Å²) in [5, 5.41) is 9.22. The van der Waals surface area contributed by atoms with Crippen molar-refractivity contribution in [2.45, 2.75) is 19.9 Å². The summed E-state index contributed by atoms with van der Waals surface area (Å²) in [6.07, 6.45) is 1.48. The Morgan fingerprint density at radius 2 is 2.00 bits per heavy atom. The number of nitrogens with zero attached hydrogens (tertiary/aromatic N) is 3. The molecule has 4 aromatic rings. The van der Waals surface area contributed by atoms with Crippen LogP contribution in [0.5, 0.6) is 0 Å². The Morgan fingerprint density at radius 1 is 1.19 bits per heavy atom. The van der Waals surface area contributed by atoms with Crippen LogP contribution in [-0.4, -0.2) is 30.5 Å². The van der Waals surface area contributed by atoms with Gasteiger partial charge in [0.1, 0.15) is 5.82 Å². The van der Waals surface area contributed by atoms with Crippen molar-refractivity contribution < 1.29 is 4.79 Å². The van der Waals surface area contributed by atoms with E-state index < -0.39 is 0 Å². The van der Waals surface area contributed by atoms with Gasteiger partial charge in [0, 0.05) is 6.20 Å². The largest absolute Gasteiger partial charge is 0.347 e. The van der Waals surface area contributed by atoms with E-state index in [1.54, 1.807) is 12.1 Å². The zero-order valence-electron chi connectivity index (χ0n) is 14.4. The van der Waals surface area contributed by atoms with Crippen LogP contribution in [0.15, 0.2) is 47.4 Å². The molecule has 0 aliphatic rings. The number of carbonyl (C=O) groups is 1. The number of hydrogen-bond donors (Lipinski definition) is 3. The highest BCUT2D eigenvalue weighted by molar-refractivity contribution is 5.94. The van der Waals surface area contributed by atoms with Crippen LogP contribution in [0.1, 0.15) is 36.1 Å². The minimum atomic E-state index is -0.382. The van der Waals surface area contributed by atoms with Gasteiger partial charge in [-0.25, -0.2) is 19.3 Å². The zero-order chi connectivity index (χ0) is 18.3. The van der Waals surface area contributed by atoms with Gasteiger partial charge in [0.05, 0.1) is 22.6 Å². The van der Waals surface area contributed by atoms with E-state index in [9.17, 15) is 9.59 Å². The molecular weight excluding hydrogens is 332 g/mol. The Morgan fingerprint density at radius 3 is 2.77 bits per heavy atom. The number of pyridine rings is 1. The lowest BCUT2D eigenvalue weighted by Crippen LogP contribution is -2.32. The third-order valence-corrected chi connectivity index (χ3v) is 4.33. The smallest absolute Gasteiger partial charge is 0.342 e. The third-order valence-electron chi connectivity index (χ3n) is 4.33. The monoisotopic (exact) mass is 350 g/mol. The van der Waals surface area contributed by atoms with E-state index in [1.165, 1.54) is 10.6 Å². The molecular formula is C18H18N6O2. The molecule has 1 amide bonds. The predicted molar refractivity (Wildman–Crippen MR) is 97.0 cm³/mol. The summed E-state index contributed by atoms with van der Waals surface area (Å²) in [5.74, 6) is 0.551. The quantitative estimate of drug-likeness (QED) is 0.523. The molecule has 132 valence electrons. The topological polar surface area (TPSA) is 108 Å². The molecule has 3 N–H and O–H groups in total. The second-order valence-electron chi connectivity index (χ2n) is 6.51. The Labute approximate surface area is 148 Å². The fourth-order valence-corrected chi connectivity index (χ4v) is 2.94. The van der Waals surface area contributed by atoms with Crippen molar-refractivity contribution in [3.05, 3.63) is 64.5 Å². The van der Waals surface area contributed by atoms with Crippen LogP contribution >= 0.6 is 0 Å². The summed E-state index contributed by atoms with van der Waals surface area (Å²) in [6, 6.07) is 10.7. The number of carbonyl (C=O) groups excluding carboxylic acids is 1. The number of nitrogens with one attached hydrogen (secondary N) is 3. The van der Waals surface area contributed by atoms with Gasteiger partial charge >= 0.3 is 5.69 Å². The lowest BCUT2D eigenvalue weighted by atomic mass is 10.0. The first-order chi connectivity index (χ1) is 12.5. The van der Waals surface area contributed by atoms with Gasteiger partial charge in [-0.1, -0.05) is 26.0 Å². The second kappa shape index (κ2) is 6.14. The second-order valence-corrected chi connectivity index (χ2v) is 6.51. The normalized spacial score (nSPS) is 12.7. The highest BCUT2D eigenvalue weighted by atomic mass is 16.2. The van der Waals surface area contributed by atoms with E-state index in [0.717, 1.165) is 11.0 Å². The Kier molecular flexibility index (Phi) is 3.80. The Balaban J connectivity index is 1.65. The molecule has 0 aliphatic heterocycles. The van der Waals surface area contributed by atoms with Gasteiger partial charge in [0.15, 0.2) is 5.65 Å². The number of aromatic amines is 2. The molecule has 0 saturated carbocycles. The summed E-state index contributed by atoms with van der Waals surface area (Å²) in [4.78, 5) is 32.3. The maximum absolute atomic E-state index is 12.7. The molecule has 1 aromatic carbocycles. The molecule has 8 heteroatoms. The van der Waals surface area contributed by atoms with E-state index in [4.69, 9.17) is 0 Å². The molecule has 0 fully saturated rings. The highest BCUT2D eigenvalue weighted by Gasteiger charge is 2.22. The molecule has 8 nitrogen and oxygen atoms in total. The number of aromatic nitrogens is 5. The van der Waals surface area contributed by atoms with Crippen LogP contribution in [0.3, 0.4) is 0 Å². The number of rotatable bonds is 4. The van der Waals surface area contributed by atoms with Gasteiger partial charge < -0.3 is 10.3 Å². The molecule has 0 aliphatic carbocycles. The molecule has 0 saturated heterocycles. The minimum Gasteiger partial charge on any atom is -0.342 e. The first kappa shape index (κ1) is 16.1. The van der Waals surface area contributed by atoms with Crippen LogP contribution in [0, 0.1) is 5.92 Å². The number of benzene rings is 1. The molecule has 0 spiro atoms. The van der Waals surface area contributed by atoms with E-state index in [-0.39, 0.29) is 23.6 Å². The van der Waals surface area contributed by atoms with Crippen molar-refractivity contribution in [3.8, 4) is 0 Å². The van der Waals surface area contributed by atoms with Crippen molar-refractivity contribution in [2.75, 3.05) is 0 Å². The lowest BCUT2D eigenvalue weighted by molar-refractivity contribution is 0.0923. The van der Waals surface area contributed by atoms with Crippen molar-refractivity contribution in [2.24, 2.45) is 5.92 Å². The number of hydrogen-bond acceptors (Lipinski definition) is 4. The SMILES string of the molecule is CC(C)C(NC(=O)c1ccc2n[nH]c(=O)n2c1)c1nc2ccccc2[nH]1. The summed E-state index contributed by atoms with van der Waals surface area (Å²) >= 11 is 0. The maximum atomic E-state index is 12.7. The first-order valence-electron chi connectivity index (χ1n) is 8.35. The molecule has 0 bridgehead atoms. The molecule has 1 unspecified atom stereocenters. The summed E-state index contributed by atoms with van der Waals surface area (Å²) in [5.41, 5.74) is 2.24. The average Bonchev–Trinajstić information content (AvgIpc) is 3.22. The number of H-pyrrole nitrogens is 2. The summed E-state index contributed by atoms with van der Waals surface area (Å²) in [7, 11) is 0. The molecule has 3 aromatic heterocycles. The third kappa shape index (κ3) is 2.75. The zero-order valence-corrected chi connectivity index (χ0v) is 14.4. The van der Waals surface area contributed by atoms with Gasteiger partial charge in [-0.2, -0.15) is 5.10 Å². The van der Waals surface area contributed by atoms with Crippen LogP contribution < -0.4 is 11.0 Å². The summed E-state index contributed by atoms with van der Waals surface area (Å²) < 4.78 is 1.31. The molecule has 26 heavy (non-hydrogen) atoms. The molecule has 1 atom stereocenters. The minimum absolute atomic E-state index is 0.125. The fourth-order valence-electron chi connectivity index (χ4n) is 2.94. The first-order valence-corrected chi connectivity index (χ1v) is 8.35. The Hall–Kier alpha value is -3.42. The van der Waals surface area contributed by atoms with Gasteiger partial charge in [0.25, 0.3) is 5.91 Å². The van der Waals surface area contributed by atoms with E-state index in [2.05, 4.69) is 25.5 Å². The van der Waals surface area contributed by atoms with Crippen molar-refractivity contribution >= 4 is 22.6 Å². The lowest BCUT2D eigenvalue weighted by Gasteiger charge is -2.20. The van der Waals surface area contributed by atoms with Gasteiger partial charge in [0.2, 0.25) is 0 Å². The fraction of sp³-hybridized carbons (Fsp3) is 0.222. The van der Waals surface area contributed by atoms with Gasteiger partial charge in [-0.05, 0) is 30.2 Å². The van der Waals surface area contributed by atoms with Crippen LogP contribution in [0.25, 0.3) is 16.7 Å². The van der Waals surface area contributed by atoms with Crippen LogP contribution in [-0.2, 0) is 0 Å². The van der Waals surface area contributed by atoms with Crippen molar-refractivity contribution in [1.82, 2.24) is 29.9 Å². The van der Waals surface area contributed by atoms with E-state index >= 15 is 0 Å². The van der Waals surface area contributed by atoms with Crippen LogP contribution in [0.2, 0.25) is 0 Å².